The number of carbonyl (C=O) groups excluding carboxylic acids is 1. The Labute approximate surface area is 173 Å². The summed E-state index contributed by atoms with van der Waals surface area (Å²) in [6.07, 6.45) is 1.09. The molecule has 1 saturated carbocycles. The van der Waals surface area contributed by atoms with Crippen LogP contribution < -0.4 is 5.32 Å². The Hall–Kier alpha value is -2.31. The van der Waals surface area contributed by atoms with Crippen LogP contribution in [0.15, 0.2) is 53.7 Å². The average molecular weight is 413 g/mol. The number of amides is 1. The molecule has 1 heterocycles. The maximum atomic E-state index is 12.3. The van der Waals surface area contributed by atoms with E-state index in [9.17, 15) is 4.79 Å². The van der Waals surface area contributed by atoms with Crippen molar-refractivity contribution in [2.24, 2.45) is 7.05 Å². The number of benzene rings is 2. The van der Waals surface area contributed by atoms with Crippen molar-refractivity contribution in [2.75, 3.05) is 11.1 Å². The van der Waals surface area contributed by atoms with Crippen molar-refractivity contribution in [3.8, 4) is 0 Å². The molecule has 1 aromatic heterocycles. The minimum absolute atomic E-state index is 0.0894. The summed E-state index contributed by atoms with van der Waals surface area (Å²) in [6.45, 7) is 1.94. The van der Waals surface area contributed by atoms with Gasteiger partial charge >= 0.3 is 0 Å². The summed E-state index contributed by atoms with van der Waals surface area (Å²) in [6, 6.07) is 16.0. The van der Waals surface area contributed by atoms with Crippen LogP contribution in [0.25, 0.3) is 0 Å². The maximum Gasteiger partial charge on any atom is 0.234 e. The minimum Gasteiger partial charge on any atom is -0.325 e. The second kappa shape index (κ2) is 7.97. The van der Waals surface area contributed by atoms with Crippen molar-refractivity contribution < 1.29 is 4.79 Å². The standard InChI is InChI=1S/C21H21ClN4OS/c1-13-8-9-15(22)10-18(13)23-19(27)12-28-21-25-24-20(26(21)2)17-11-16(17)14-6-4-3-5-7-14/h3-10,16-17H,11-12H2,1-2H3,(H,23,27). The molecule has 1 fully saturated rings. The Morgan fingerprint density at radius 2 is 2.00 bits per heavy atom. The molecule has 0 aliphatic heterocycles. The SMILES string of the molecule is Cc1ccc(Cl)cc1NC(=O)CSc1nnc(C2CC2c2ccccc2)n1C. The number of halogens is 1. The smallest absolute Gasteiger partial charge is 0.234 e. The maximum absolute atomic E-state index is 12.3. The molecule has 4 rings (SSSR count). The quantitative estimate of drug-likeness (QED) is 0.592. The molecule has 0 saturated heterocycles. The molecular formula is C21H21ClN4OS. The lowest BCUT2D eigenvalue weighted by Crippen LogP contribution is -2.15. The molecule has 0 bridgehead atoms. The van der Waals surface area contributed by atoms with Crippen LogP contribution in [-0.2, 0) is 11.8 Å². The number of rotatable bonds is 6. The van der Waals surface area contributed by atoms with E-state index >= 15 is 0 Å². The highest BCUT2D eigenvalue weighted by Gasteiger charge is 2.42. The van der Waals surface area contributed by atoms with E-state index < -0.39 is 0 Å². The van der Waals surface area contributed by atoms with Crippen LogP contribution in [-0.4, -0.2) is 26.4 Å². The number of anilines is 1. The van der Waals surface area contributed by atoms with Gasteiger partial charge in [-0.1, -0.05) is 59.8 Å². The molecule has 144 valence electrons. The van der Waals surface area contributed by atoms with Gasteiger partial charge in [-0.2, -0.15) is 0 Å². The molecule has 3 aromatic rings. The van der Waals surface area contributed by atoms with E-state index in [0.29, 0.717) is 16.9 Å². The minimum atomic E-state index is -0.0894. The molecule has 28 heavy (non-hydrogen) atoms. The molecule has 2 aromatic carbocycles. The van der Waals surface area contributed by atoms with Crippen LogP contribution in [0.5, 0.6) is 0 Å². The van der Waals surface area contributed by atoms with E-state index in [2.05, 4.69) is 39.8 Å². The highest BCUT2D eigenvalue weighted by molar-refractivity contribution is 7.99. The summed E-state index contributed by atoms with van der Waals surface area (Å²) in [5, 5.41) is 12.9. The number of aryl methyl sites for hydroxylation is 1. The van der Waals surface area contributed by atoms with Gasteiger partial charge in [0.25, 0.3) is 0 Å². The van der Waals surface area contributed by atoms with Gasteiger partial charge < -0.3 is 9.88 Å². The lowest BCUT2D eigenvalue weighted by molar-refractivity contribution is -0.113. The number of nitrogens with zero attached hydrogens (tertiary/aromatic N) is 3. The number of nitrogens with one attached hydrogen (secondary N) is 1. The third kappa shape index (κ3) is 4.08. The molecule has 5 nitrogen and oxygen atoms in total. The molecule has 0 radical (unpaired) electrons. The van der Waals surface area contributed by atoms with Gasteiger partial charge in [0.15, 0.2) is 5.16 Å². The van der Waals surface area contributed by atoms with E-state index in [-0.39, 0.29) is 11.7 Å². The van der Waals surface area contributed by atoms with E-state index in [1.165, 1.54) is 17.3 Å². The van der Waals surface area contributed by atoms with Gasteiger partial charge in [-0.15, -0.1) is 10.2 Å². The van der Waals surface area contributed by atoms with Crippen LogP contribution in [0.2, 0.25) is 5.02 Å². The summed E-state index contributed by atoms with van der Waals surface area (Å²) < 4.78 is 2.01. The van der Waals surface area contributed by atoms with Crippen molar-refractivity contribution in [3.63, 3.8) is 0 Å². The summed E-state index contributed by atoms with van der Waals surface area (Å²) in [5.41, 5.74) is 3.06. The van der Waals surface area contributed by atoms with E-state index in [1.807, 2.05) is 36.7 Å². The van der Waals surface area contributed by atoms with Crippen molar-refractivity contribution in [2.45, 2.75) is 30.3 Å². The largest absolute Gasteiger partial charge is 0.325 e. The first-order valence-electron chi connectivity index (χ1n) is 9.16. The van der Waals surface area contributed by atoms with Crippen LogP contribution in [0.4, 0.5) is 5.69 Å². The molecular weight excluding hydrogens is 392 g/mol. The number of aromatic nitrogens is 3. The Morgan fingerprint density at radius 1 is 1.21 bits per heavy atom. The highest BCUT2D eigenvalue weighted by Crippen LogP contribution is 2.54. The number of thioether (sulfide) groups is 1. The van der Waals surface area contributed by atoms with E-state index in [0.717, 1.165) is 28.7 Å². The van der Waals surface area contributed by atoms with Gasteiger partial charge in [0.2, 0.25) is 5.91 Å². The second-order valence-corrected chi connectivity index (χ2v) is 8.43. The second-order valence-electron chi connectivity index (χ2n) is 7.06. The van der Waals surface area contributed by atoms with Crippen LogP contribution in [0, 0.1) is 6.92 Å². The van der Waals surface area contributed by atoms with Crippen LogP contribution in [0.1, 0.15) is 35.2 Å². The van der Waals surface area contributed by atoms with Gasteiger partial charge in [0.1, 0.15) is 5.82 Å². The molecule has 0 spiro atoms. The van der Waals surface area contributed by atoms with Crippen molar-refractivity contribution in [3.05, 3.63) is 70.5 Å². The zero-order valence-electron chi connectivity index (χ0n) is 15.7. The first-order chi connectivity index (χ1) is 13.5. The molecule has 7 heteroatoms. The lowest BCUT2D eigenvalue weighted by Gasteiger charge is -2.08. The average Bonchev–Trinajstić information content (AvgIpc) is 3.40. The first kappa shape index (κ1) is 19.0. The number of hydrogen-bond acceptors (Lipinski definition) is 4. The van der Waals surface area contributed by atoms with Gasteiger partial charge in [0, 0.05) is 23.7 Å². The van der Waals surface area contributed by atoms with Crippen LogP contribution in [0.3, 0.4) is 0 Å². The van der Waals surface area contributed by atoms with Crippen molar-refractivity contribution in [1.29, 1.82) is 0 Å². The highest BCUT2D eigenvalue weighted by atomic mass is 35.5. The normalized spacial score (nSPS) is 18.1. The molecule has 1 aliphatic rings. The Balaban J connectivity index is 1.36. The predicted octanol–water partition coefficient (Wildman–Crippen LogP) is 4.78. The molecule has 2 atom stereocenters. The monoisotopic (exact) mass is 412 g/mol. The van der Waals surface area contributed by atoms with Crippen LogP contribution >= 0.6 is 23.4 Å². The molecule has 1 amide bonds. The molecule has 2 unspecified atom stereocenters. The number of hydrogen-bond donors (Lipinski definition) is 1. The fraction of sp³-hybridized carbons (Fsp3) is 0.286. The van der Waals surface area contributed by atoms with Gasteiger partial charge in [-0.25, -0.2) is 0 Å². The first-order valence-corrected chi connectivity index (χ1v) is 10.5. The van der Waals surface area contributed by atoms with E-state index in [4.69, 9.17) is 11.6 Å². The van der Waals surface area contributed by atoms with Crippen molar-refractivity contribution >= 4 is 35.0 Å². The lowest BCUT2D eigenvalue weighted by atomic mass is 10.1. The molecule has 1 aliphatic carbocycles. The summed E-state index contributed by atoms with van der Waals surface area (Å²) in [5.74, 6) is 2.08. The zero-order chi connectivity index (χ0) is 19.7. The van der Waals surface area contributed by atoms with Crippen molar-refractivity contribution in [1.82, 2.24) is 14.8 Å². The van der Waals surface area contributed by atoms with Gasteiger partial charge in [-0.3, -0.25) is 4.79 Å². The molecule has 1 N–H and O–H groups in total. The predicted molar refractivity (Wildman–Crippen MR) is 113 cm³/mol. The third-order valence-corrected chi connectivity index (χ3v) is 6.28. The number of carbonyl (C=O) groups is 1. The summed E-state index contributed by atoms with van der Waals surface area (Å²) in [4.78, 5) is 12.3. The van der Waals surface area contributed by atoms with Gasteiger partial charge in [-0.05, 0) is 42.5 Å². The third-order valence-electron chi connectivity index (χ3n) is 5.02. The Kier molecular flexibility index (Phi) is 5.42. The fourth-order valence-corrected chi connectivity index (χ4v) is 4.26. The topological polar surface area (TPSA) is 59.8 Å². The Bertz CT molecular complexity index is 1000. The van der Waals surface area contributed by atoms with Gasteiger partial charge in [0.05, 0.1) is 5.75 Å². The fourth-order valence-electron chi connectivity index (χ4n) is 3.37. The Morgan fingerprint density at radius 3 is 2.79 bits per heavy atom. The summed E-state index contributed by atoms with van der Waals surface area (Å²) in [7, 11) is 1.97. The van der Waals surface area contributed by atoms with E-state index in [1.54, 1.807) is 6.07 Å². The summed E-state index contributed by atoms with van der Waals surface area (Å²) >= 11 is 7.40. The zero-order valence-corrected chi connectivity index (χ0v) is 17.3.